The molecule has 3 heterocycles. The highest BCUT2D eigenvalue weighted by Crippen LogP contribution is 2.44. The summed E-state index contributed by atoms with van der Waals surface area (Å²) in [5.74, 6) is -3.52. The Morgan fingerprint density at radius 3 is 2.57 bits per heavy atom. The van der Waals surface area contributed by atoms with E-state index in [2.05, 4.69) is 20.4 Å². The van der Waals surface area contributed by atoms with Crippen LogP contribution in [-0.2, 0) is 19.9 Å². The second-order valence-corrected chi connectivity index (χ2v) is 12.3. The van der Waals surface area contributed by atoms with Gasteiger partial charge in [0, 0.05) is 29.0 Å². The minimum atomic E-state index is -1.25. The minimum Gasteiger partial charge on any atom is -0.478 e. The molecule has 42 heavy (non-hydrogen) atoms. The molecule has 9 nitrogen and oxygen atoms in total. The van der Waals surface area contributed by atoms with Crippen molar-refractivity contribution in [2.75, 3.05) is 7.11 Å². The number of carbonyl (C=O) groups is 2. The molecule has 0 bridgehead atoms. The van der Waals surface area contributed by atoms with Crippen molar-refractivity contribution in [3.05, 3.63) is 80.2 Å². The predicted octanol–water partition coefficient (Wildman–Crippen LogP) is 5.97. The summed E-state index contributed by atoms with van der Waals surface area (Å²) >= 11 is 7.52. The quantitative estimate of drug-likeness (QED) is 0.236. The lowest BCUT2D eigenvalue weighted by atomic mass is 9.76. The molecule has 1 aliphatic heterocycles. The van der Waals surface area contributed by atoms with Gasteiger partial charge in [-0.2, -0.15) is 5.10 Å². The number of halogens is 3. The minimum absolute atomic E-state index is 0.0518. The molecular weight excluding hydrogens is 588 g/mol. The highest BCUT2D eigenvalue weighted by atomic mass is 35.5. The third-order valence-electron chi connectivity index (χ3n) is 7.93. The van der Waals surface area contributed by atoms with E-state index >= 15 is 0 Å². The monoisotopic (exact) mass is 617 g/mol. The normalized spacial score (nSPS) is 21.1. The van der Waals surface area contributed by atoms with Crippen LogP contribution in [0.2, 0.25) is 5.02 Å². The van der Waals surface area contributed by atoms with E-state index in [1.54, 1.807) is 16.3 Å². The molecule has 1 unspecified atom stereocenters. The van der Waals surface area contributed by atoms with E-state index in [9.17, 15) is 23.5 Å². The van der Waals surface area contributed by atoms with Gasteiger partial charge in [0.15, 0.2) is 22.5 Å². The standard InChI is InChI=1S/C29H30ClF2N5O4S/c1-29(2,12-20(38)41-3)37-14-17(13-34-37)15-4-6-16(7-5-15)24-21(28(39)40)25(18-8-9-19(31)23(32)22(18)30)36-26(35-24)27-33-10-11-42-27/h8-11,13-16,25H,4-7,12H2,1-3H3,(H,35,36)(H,39,40). The van der Waals surface area contributed by atoms with Gasteiger partial charge in [0.2, 0.25) is 0 Å². The van der Waals surface area contributed by atoms with Crippen molar-refractivity contribution in [2.24, 2.45) is 10.9 Å². The number of carboxylic acids is 1. The molecule has 1 aromatic carbocycles. The Hall–Kier alpha value is -3.64. The molecule has 1 aliphatic carbocycles. The number of nitrogens with zero attached hydrogens (tertiary/aromatic N) is 4. The Labute approximate surface area is 250 Å². The van der Waals surface area contributed by atoms with E-state index in [4.69, 9.17) is 16.3 Å². The largest absolute Gasteiger partial charge is 0.478 e. The number of carbonyl (C=O) groups excluding carboxylic acids is 1. The molecule has 13 heteroatoms. The number of nitrogens with one attached hydrogen (secondary N) is 1. The molecule has 2 aromatic heterocycles. The van der Waals surface area contributed by atoms with Crippen LogP contribution in [0.3, 0.4) is 0 Å². The molecular formula is C29H30ClF2N5O4S. The van der Waals surface area contributed by atoms with Crippen molar-refractivity contribution in [1.82, 2.24) is 20.1 Å². The number of methoxy groups -OCH3 is 1. The maximum absolute atomic E-state index is 14.5. The molecule has 0 radical (unpaired) electrons. The highest BCUT2D eigenvalue weighted by molar-refractivity contribution is 7.11. The summed E-state index contributed by atoms with van der Waals surface area (Å²) < 4.78 is 35.0. The van der Waals surface area contributed by atoms with Gasteiger partial charge >= 0.3 is 11.9 Å². The number of benzene rings is 1. The third-order valence-corrected chi connectivity index (χ3v) is 9.10. The molecule has 2 N–H and O–H groups in total. The van der Waals surface area contributed by atoms with Crippen molar-refractivity contribution in [3.63, 3.8) is 0 Å². The van der Waals surface area contributed by atoms with Gasteiger partial charge in [-0.1, -0.05) is 17.7 Å². The second-order valence-electron chi connectivity index (χ2n) is 11.1. The lowest BCUT2D eigenvalue weighted by Gasteiger charge is -2.34. The summed E-state index contributed by atoms with van der Waals surface area (Å²) in [5, 5.41) is 19.9. The maximum atomic E-state index is 14.5. The first-order chi connectivity index (χ1) is 20.0. The number of hydrogen-bond donors (Lipinski definition) is 2. The third kappa shape index (κ3) is 5.82. The van der Waals surface area contributed by atoms with Gasteiger partial charge in [0.05, 0.1) is 35.9 Å². The van der Waals surface area contributed by atoms with Gasteiger partial charge in [-0.05, 0) is 63.0 Å². The summed E-state index contributed by atoms with van der Waals surface area (Å²) in [6.07, 6.45) is 8.45. The van der Waals surface area contributed by atoms with E-state index in [0.29, 0.717) is 29.4 Å². The van der Waals surface area contributed by atoms with Crippen LogP contribution in [0, 0.1) is 17.6 Å². The van der Waals surface area contributed by atoms with Gasteiger partial charge in [-0.3, -0.25) is 14.5 Å². The molecule has 0 spiro atoms. The van der Waals surface area contributed by atoms with Crippen LogP contribution >= 0.6 is 22.9 Å². The van der Waals surface area contributed by atoms with E-state index < -0.39 is 34.2 Å². The lowest BCUT2D eigenvalue weighted by molar-refractivity contribution is -0.142. The zero-order chi connectivity index (χ0) is 30.2. The maximum Gasteiger partial charge on any atom is 0.335 e. The molecule has 1 saturated carbocycles. The fraction of sp³-hybridized carbons (Fsp3) is 0.414. The number of allylic oxidation sites excluding steroid dienone is 1. The number of carboxylic acid groups (broad SMARTS) is 1. The first-order valence-corrected chi connectivity index (χ1v) is 14.7. The summed E-state index contributed by atoms with van der Waals surface area (Å²) in [5.41, 5.74) is 0.978. The fourth-order valence-electron chi connectivity index (χ4n) is 5.65. The Balaban J connectivity index is 1.43. The zero-order valence-electron chi connectivity index (χ0n) is 23.2. The van der Waals surface area contributed by atoms with E-state index in [0.717, 1.165) is 24.5 Å². The fourth-order valence-corrected chi connectivity index (χ4v) is 6.49. The first kappa shape index (κ1) is 29.8. The van der Waals surface area contributed by atoms with Crippen LogP contribution in [-0.4, -0.2) is 44.8 Å². The van der Waals surface area contributed by atoms with Crippen LogP contribution in [0.1, 0.15) is 74.0 Å². The Morgan fingerprint density at radius 1 is 1.21 bits per heavy atom. The lowest BCUT2D eigenvalue weighted by Crippen LogP contribution is -2.37. The number of amidine groups is 1. The first-order valence-electron chi connectivity index (χ1n) is 13.5. The van der Waals surface area contributed by atoms with Gasteiger partial charge < -0.3 is 15.2 Å². The van der Waals surface area contributed by atoms with Gasteiger partial charge in [-0.25, -0.2) is 18.6 Å². The molecule has 1 atom stereocenters. The summed E-state index contributed by atoms with van der Waals surface area (Å²) in [6.45, 7) is 3.84. The molecule has 222 valence electrons. The van der Waals surface area contributed by atoms with Gasteiger partial charge in [-0.15, -0.1) is 11.3 Å². The molecule has 3 aromatic rings. The van der Waals surface area contributed by atoms with E-state index in [1.165, 1.54) is 24.5 Å². The summed E-state index contributed by atoms with van der Waals surface area (Å²) in [6, 6.07) is 1.04. The number of hydrogen-bond acceptors (Lipinski definition) is 8. The Bertz CT molecular complexity index is 1560. The van der Waals surface area contributed by atoms with Crippen LogP contribution < -0.4 is 5.32 Å². The van der Waals surface area contributed by atoms with E-state index in [-0.39, 0.29) is 35.4 Å². The molecule has 1 fully saturated rings. The SMILES string of the molecule is COC(=O)CC(C)(C)n1cc(C2CCC(C3=C(C(=O)O)C(c4ccc(F)c(F)c4Cl)N=C(c4nccs4)N3)CC2)cn1. The molecule has 2 aliphatic rings. The number of aliphatic imine (C=N–C) groups is 1. The van der Waals surface area contributed by atoms with Crippen molar-refractivity contribution in [3.8, 4) is 0 Å². The van der Waals surface area contributed by atoms with Crippen molar-refractivity contribution < 1.29 is 28.2 Å². The van der Waals surface area contributed by atoms with Crippen molar-refractivity contribution in [1.29, 1.82) is 0 Å². The number of ether oxygens (including phenoxy) is 1. The van der Waals surface area contributed by atoms with Crippen LogP contribution in [0.5, 0.6) is 0 Å². The molecule has 5 rings (SSSR count). The van der Waals surface area contributed by atoms with Gasteiger partial charge in [0.1, 0.15) is 6.04 Å². The number of aliphatic carboxylic acids is 1. The van der Waals surface area contributed by atoms with Gasteiger partial charge in [0.25, 0.3) is 0 Å². The van der Waals surface area contributed by atoms with E-state index in [1.807, 2.05) is 26.2 Å². The average Bonchev–Trinajstić information content (AvgIpc) is 3.69. The second kappa shape index (κ2) is 11.9. The van der Waals surface area contributed by atoms with Crippen molar-refractivity contribution >= 4 is 40.7 Å². The van der Waals surface area contributed by atoms with Crippen LogP contribution in [0.15, 0.2) is 52.4 Å². The smallest absolute Gasteiger partial charge is 0.335 e. The molecule has 0 saturated heterocycles. The number of thiazole rings is 1. The average molecular weight is 618 g/mol. The van der Waals surface area contributed by atoms with Crippen LogP contribution in [0.25, 0.3) is 0 Å². The number of aromatic nitrogens is 3. The summed E-state index contributed by atoms with van der Waals surface area (Å²) in [7, 11) is 1.36. The highest BCUT2D eigenvalue weighted by Gasteiger charge is 2.38. The molecule has 0 amide bonds. The number of esters is 1. The van der Waals surface area contributed by atoms with Crippen LogP contribution in [0.4, 0.5) is 8.78 Å². The Morgan fingerprint density at radius 2 is 1.93 bits per heavy atom. The number of rotatable bonds is 8. The summed E-state index contributed by atoms with van der Waals surface area (Å²) in [4.78, 5) is 33.5. The van der Waals surface area contributed by atoms with Crippen molar-refractivity contribution in [2.45, 2.75) is 63.5 Å². The Kier molecular flexibility index (Phi) is 8.47. The predicted molar refractivity (Wildman–Crippen MR) is 153 cm³/mol. The zero-order valence-corrected chi connectivity index (χ0v) is 24.8. The topological polar surface area (TPSA) is 119 Å².